The fraction of sp³-hybridized carbons (Fsp3) is 0.316. The molecule has 0 bridgehead atoms. The van der Waals surface area contributed by atoms with Gasteiger partial charge in [0.2, 0.25) is 5.91 Å². The van der Waals surface area contributed by atoms with Gasteiger partial charge in [0.25, 0.3) is 5.91 Å². The molecule has 2 amide bonds. The van der Waals surface area contributed by atoms with Crippen LogP contribution in [0.3, 0.4) is 0 Å². The van der Waals surface area contributed by atoms with E-state index in [0.29, 0.717) is 12.1 Å². The Hall–Kier alpha value is -2.54. The van der Waals surface area contributed by atoms with E-state index in [4.69, 9.17) is 0 Å². The molecular formula is C19H20FN3O2S. The first-order valence-corrected chi connectivity index (χ1v) is 9.41. The molecule has 2 aromatic rings. The highest BCUT2D eigenvalue weighted by atomic mass is 32.1. The maximum Gasteiger partial charge on any atom is 0.268 e. The van der Waals surface area contributed by atoms with Gasteiger partial charge in [-0.1, -0.05) is 25.1 Å². The van der Waals surface area contributed by atoms with Crippen molar-refractivity contribution < 1.29 is 14.0 Å². The summed E-state index contributed by atoms with van der Waals surface area (Å²) in [6.45, 7) is 2.23. The van der Waals surface area contributed by atoms with Crippen LogP contribution in [-0.4, -0.2) is 22.5 Å². The minimum Gasteiger partial charge on any atom is -0.343 e. The van der Waals surface area contributed by atoms with Gasteiger partial charge in [0.15, 0.2) is 0 Å². The largest absolute Gasteiger partial charge is 0.343 e. The zero-order valence-electron chi connectivity index (χ0n) is 14.4. The number of thiophene rings is 1. The summed E-state index contributed by atoms with van der Waals surface area (Å²) in [4.78, 5) is 25.8. The van der Waals surface area contributed by atoms with Crippen LogP contribution in [0.15, 0.2) is 46.9 Å². The number of carbonyl (C=O) groups excluding carboxylic acids is 2. The second-order valence-corrected chi connectivity index (χ2v) is 7.05. The van der Waals surface area contributed by atoms with Crippen LogP contribution in [-0.2, 0) is 16.1 Å². The van der Waals surface area contributed by atoms with E-state index in [-0.39, 0.29) is 36.6 Å². The van der Waals surface area contributed by atoms with Gasteiger partial charge in [-0.2, -0.15) is 5.10 Å². The first-order valence-electron chi connectivity index (χ1n) is 8.53. The van der Waals surface area contributed by atoms with Crippen LogP contribution in [0, 0.1) is 5.82 Å². The Morgan fingerprint density at radius 1 is 1.31 bits per heavy atom. The zero-order chi connectivity index (χ0) is 18.5. The zero-order valence-corrected chi connectivity index (χ0v) is 15.3. The molecule has 0 radical (unpaired) electrons. The summed E-state index contributed by atoms with van der Waals surface area (Å²) in [5, 5.41) is 10.5. The van der Waals surface area contributed by atoms with Gasteiger partial charge in [-0.25, -0.2) is 9.40 Å². The molecule has 1 N–H and O–H groups in total. The topological polar surface area (TPSA) is 61.8 Å². The van der Waals surface area contributed by atoms with E-state index in [9.17, 15) is 14.0 Å². The molecule has 5 nitrogen and oxygen atoms in total. The summed E-state index contributed by atoms with van der Waals surface area (Å²) in [5.74, 6) is -0.723. The Morgan fingerprint density at radius 2 is 2.08 bits per heavy atom. The van der Waals surface area contributed by atoms with Crippen molar-refractivity contribution in [3.63, 3.8) is 0 Å². The quantitative estimate of drug-likeness (QED) is 0.840. The van der Waals surface area contributed by atoms with Gasteiger partial charge in [0.1, 0.15) is 11.5 Å². The standard InChI is InChI=1S/C19H20FN3O2S/c1-2-15(17-4-3-11-26-17)21-19(25)16-9-10-18(24)23(22-16)12-13-5-7-14(20)8-6-13/h3-8,11,15H,2,9-10,12H2,1H3,(H,21,25). The van der Waals surface area contributed by atoms with Crippen molar-refractivity contribution in [2.75, 3.05) is 0 Å². The maximum absolute atomic E-state index is 13.0. The molecule has 0 saturated heterocycles. The van der Waals surface area contributed by atoms with E-state index in [0.717, 1.165) is 16.9 Å². The van der Waals surface area contributed by atoms with Crippen LogP contribution in [0.5, 0.6) is 0 Å². The third-order valence-corrected chi connectivity index (χ3v) is 5.20. The van der Waals surface area contributed by atoms with Gasteiger partial charge in [-0.15, -0.1) is 11.3 Å². The molecule has 1 aromatic carbocycles. The highest BCUT2D eigenvalue weighted by Crippen LogP contribution is 2.22. The van der Waals surface area contributed by atoms with Crippen molar-refractivity contribution in [1.82, 2.24) is 10.3 Å². The van der Waals surface area contributed by atoms with E-state index < -0.39 is 0 Å². The van der Waals surface area contributed by atoms with Crippen molar-refractivity contribution in [1.29, 1.82) is 0 Å². The van der Waals surface area contributed by atoms with E-state index in [1.807, 2.05) is 24.4 Å². The van der Waals surface area contributed by atoms with Crippen molar-refractivity contribution in [2.45, 2.75) is 38.8 Å². The lowest BCUT2D eigenvalue weighted by Crippen LogP contribution is -2.39. The van der Waals surface area contributed by atoms with Crippen molar-refractivity contribution in [2.24, 2.45) is 5.10 Å². The molecule has 2 heterocycles. The average molecular weight is 373 g/mol. The Morgan fingerprint density at radius 3 is 2.73 bits per heavy atom. The lowest BCUT2D eigenvalue weighted by atomic mass is 10.1. The lowest BCUT2D eigenvalue weighted by molar-refractivity contribution is -0.132. The number of halogens is 1. The van der Waals surface area contributed by atoms with Crippen molar-refractivity contribution in [3.8, 4) is 0 Å². The average Bonchev–Trinajstić information content (AvgIpc) is 3.17. The smallest absolute Gasteiger partial charge is 0.268 e. The normalized spacial score (nSPS) is 15.5. The van der Waals surface area contributed by atoms with E-state index in [2.05, 4.69) is 10.4 Å². The molecular weight excluding hydrogens is 353 g/mol. The second-order valence-electron chi connectivity index (χ2n) is 6.07. The van der Waals surface area contributed by atoms with E-state index in [1.165, 1.54) is 17.1 Å². The van der Waals surface area contributed by atoms with E-state index >= 15 is 0 Å². The van der Waals surface area contributed by atoms with Crippen molar-refractivity contribution >= 4 is 28.9 Å². The third-order valence-electron chi connectivity index (χ3n) is 4.21. The lowest BCUT2D eigenvalue weighted by Gasteiger charge is -2.24. The Labute approximate surface area is 155 Å². The Balaban J connectivity index is 1.70. The number of hydrogen-bond donors (Lipinski definition) is 1. The molecule has 1 aliphatic rings. The highest BCUT2D eigenvalue weighted by molar-refractivity contribution is 7.10. The predicted octanol–water partition coefficient (Wildman–Crippen LogP) is 3.63. The monoisotopic (exact) mass is 373 g/mol. The van der Waals surface area contributed by atoms with Crippen molar-refractivity contribution in [3.05, 3.63) is 58.0 Å². The van der Waals surface area contributed by atoms with Gasteiger partial charge in [0, 0.05) is 17.7 Å². The summed E-state index contributed by atoms with van der Waals surface area (Å²) < 4.78 is 13.0. The fourth-order valence-corrected chi connectivity index (χ4v) is 3.62. The molecule has 3 rings (SSSR count). The number of rotatable bonds is 6. The first kappa shape index (κ1) is 18.3. The van der Waals surface area contributed by atoms with Gasteiger partial charge in [-0.3, -0.25) is 9.59 Å². The van der Waals surface area contributed by atoms with Crippen LogP contribution < -0.4 is 5.32 Å². The molecule has 0 saturated carbocycles. The number of carbonyl (C=O) groups is 2. The van der Waals surface area contributed by atoms with Crippen LogP contribution in [0.2, 0.25) is 0 Å². The van der Waals surface area contributed by atoms with E-state index in [1.54, 1.807) is 23.5 Å². The summed E-state index contributed by atoms with van der Waals surface area (Å²) in [6.07, 6.45) is 1.34. The molecule has 1 atom stereocenters. The van der Waals surface area contributed by atoms with Gasteiger partial charge in [-0.05, 0) is 35.6 Å². The molecule has 1 unspecified atom stereocenters. The second kappa shape index (κ2) is 8.23. The third kappa shape index (κ3) is 4.35. The molecule has 0 fully saturated rings. The number of benzene rings is 1. The van der Waals surface area contributed by atoms with Crippen LogP contribution in [0.4, 0.5) is 4.39 Å². The molecule has 0 spiro atoms. The number of hydrogen-bond acceptors (Lipinski definition) is 4. The molecule has 7 heteroatoms. The Kier molecular flexibility index (Phi) is 5.78. The molecule has 26 heavy (non-hydrogen) atoms. The Bertz CT molecular complexity index is 803. The molecule has 0 aliphatic carbocycles. The first-order chi connectivity index (χ1) is 12.6. The van der Waals surface area contributed by atoms with Gasteiger partial charge >= 0.3 is 0 Å². The summed E-state index contributed by atoms with van der Waals surface area (Å²) in [5.41, 5.74) is 1.11. The van der Waals surface area contributed by atoms with Crippen LogP contribution in [0.25, 0.3) is 0 Å². The number of nitrogens with zero attached hydrogens (tertiary/aromatic N) is 2. The SMILES string of the molecule is CCC(NC(=O)C1=NN(Cc2ccc(F)cc2)C(=O)CC1)c1cccs1. The summed E-state index contributed by atoms with van der Waals surface area (Å²) in [6, 6.07) is 9.78. The van der Waals surface area contributed by atoms with Crippen LogP contribution >= 0.6 is 11.3 Å². The molecule has 136 valence electrons. The van der Waals surface area contributed by atoms with Gasteiger partial charge < -0.3 is 5.32 Å². The molecule has 1 aromatic heterocycles. The minimum absolute atomic E-state index is 0.0617. The fourth-order valence-electron chi connectivity index (χ4n) is 2.76. The number of nitrogens with one attached hydrogen (secondary N) is 1. The minimum atomic E-state index is -0.332. The summed E-state index contributed by atoms with van der Waals surface area (Å²) >= 11 is 1.60. The highest BCUT2D eigenvalue weighted by Gasteiger charge is 2.26. The molecule has 1 aliphatic heterocycles. The predicted molar refractivity (Wildman–Crippen MR) is 99.1 cm³/mol. The number of hydrazone groups is 1. The maximum atomic E-state index is 13.0. The summed E-state index contributed by atoms with van der Waals surface area (Å²) in [7, 11) is 0. The number of amides is 2. The van der Waals surface area contributed by atoms with Gasteiger partial charge in [0.05, 0.1) is 12.6 Å². The van der Waals surface area contributed by atoms with Crippen LogP contribution in [0.1, 0.15) is 42.7 Å².